The molecule has 1 fully saturated rings. The molecule has 4 heterocycles. The number of aliphatic carboxylic acids is 1. The molecule has 36 heavy (non-hydrogen) atoms. The van der Waals surface area contributed by atoms with E-state index in [1.165, 1.54) is 23.2 Å². The van der Waals surface area contributed by atoms with Crippen LogP contribution >= 0.6 is 46.2 Å². The van der Waals surface area contributed by atoms with Crippen LogP contribution in [-0.4, -0.2) is 71.4 Å². The van der Waals surface area contributed by atoms with E-state index in [1.807, 2.05) is 0 Å². The Morgan fingerprint density at radius 3 is 2.81 bits per heavy atom. The number of rotatable bonds is 9. The minimum absolute atomic E-state index is 0.0200. The zero-order valence-corrected chi connectivity index (χ0v) is 21.6. The molecule has 0 aliphatic carbocycles. The van der Waals surface area contributed by atoms with E-state index in [0.717, 1.165) is 34.9 Å². The summed E-state index contributed by atoms with van der Waals surface area (Å²) < 4.78 is 0.476. The van der Waals surface area contributed by atoms with Gasteiger partial charge in [0.05, 0.1) is 24.0 Å². The molecule has 0 radical (unpaired) electrons. The second kappa shape index (κ2) is 10.4. The van der Waals surface area contributed by atoms with E-state index >= 15 is 0 Å². The number of aromatic nitrogens is 3. The quantitative estimate of drug-likeness (QED) is 0.0910. The Kier molecular flexibility index (Phi) is 7.48. The van der Waals surface area contributed by atoms with Crippen molar-refractivity contribution in [1.29, 1.82) is 0 Å². The van der Waals surface area contributed by atoms with Crippen molar-refractivity contribution in [2.24, 2.45) is 5.16 Å². The third-order valence-electron chi connectivity index (χ3n) is 5.01. The smallest absolute Gasteiger partial charge is 0.352 e. The minimum atomic E-state index is -1.53. The average molecular weight is 571 g/mol. The van der Waals surface area contributed by atoms with Crippen LogP contribution in [0.4, 0.5) is 5.13 Å². The van der Waals surface area contributed by atoms with Crippen molar-refractivity contribution in [2.75, 3.05) is 11.5 Å². The number of thiazole rings is 1. The van der Waals surface area contributed by atoms with Crippen molar-refractivity contribution in [3.8, 4) is 0 Å². The van der Waals surface area contributed by atoms with E-state index in [0.29, 0.717) is 15.6 Å². The minimum Gasteiger partial charge on any atom is -0.477 e. The first kappa shape index (κ1) is 25.9. The Morgan fingerprint density at radius 1 is 1.42 bits per heavy atom. The van der Waals surface area contributed by atoms with Crippen LogP contribution in [0, 0.1) is 0 Å². The van der Waals surface area contributed by atoms with Gasteiger partial charge in [-0.25, -0.2) is 9.78 Å². The number of oxime groups is 1. The van der Waals surface area contributed by atoms with Crippen LogP contribution in [0.2, 0.25) is 0 Å². The van der Waals surface area contributed by atoms with Crippen LogP contribution in [-0.2, 0) is 30.6 Å². The van der Waals surface area contributed by atoms with Crippen molar-refractivity contribution >= 4 is 81.2 Å². The lowest BCUT2D eigenvalue weighted by Crippen LogP contribution is -2.61. The summed E-state index contributed by atoms with van der Waals surface area (Å²) in [5.41, 5.74) is 6.01. The molecule has 0 spiro atoms. The number of carboxylic acids is 1. The van der Waals surface area contributed by atoms with Crippen molar-refractivity contribution in [2.45, 2.75) is 34.5 Å². The number of nitrogens with one attached hydrogen (secondary N) is 2. The number of carbonyl (C=O) groups is 4. The lowest BCUT2D eigenvalue weighted by Gasteiger charge is -2.51. The molecule has 0 bridgehead atoms. The highest BCUT2D eigenvalue weighted by molar-refractivity contribution is 8.02. The van der Waals surface area contributed by atoms with E-state index in [2.05, 4.69) is 31.0 Å². The molecular formula is C18H18N8O6S4. The number of anilines is 1. The van der Waals surface area contributed by atoms with Crippen molar-refractivity contribution in [1.82, 2.24) is 30.7 Å². The van der Waals surface area contributed by atoms with Gasteiger partial charge in [0.15, 0.2) is 14.3 Å². The number of carbonyl (C=O) groups excluding carboxylic acids is 3. The Balaban J connectivity index is 1.77. The third kappa shape index (κ3) is 5.01. The second-order valence-electron chi connectivity index (χ2n) is 7.32. The normalized spacial score (nSPS) is 21.3. The number of nitrogen functional groups attached to an aromatic ring is 1. The number of fused-ring (bicyclic) bond motifs is 1. The summed E-state index contributed by atoms with van der Waals surface area (Å²) >= 11 is 4.59. The Labute approximate surface area is 219 Å². The first-order valence-corrected chi connectivity index (χ1v) is 13.6. The molecule has 0 aromatic carbocycles. The van der Waals surface area contributed by atoms with Gasteiger partial charge in [-0.15, -0.1) is 21.5 Å². The number of hydrogen-bond acceptors (Lipinski definition) is 14. The van der Waals surface area contributed by atoms with Gasteiger partial charge in [0.2, 0.25) is 11.8 Å². The maximum Gasteiger partial charge on any atom is 0.352 e. The number of carboxylic acid groups (broad SMARTS) is 1. The summed E-state index contributed by atoms with van der Waals surface area (Å²) in [6, 6.07) is 0. The van der Waals surface area contributed by atoms with Crippen molar-refractivity contribution in [3.05, 3.63) is 27.4 Å². The van der Waals surface area contributed by atoms with E-state index in [9.17, 15) is 24.3 Å². The molecule has 3 amide bonds. The standard InChI is InChI=1S/C18H18N8O6S4/c1-7(27)20-4-11-24-25-17(35-11)34-5-8-14(15(30)31)26-12(29)2-13(26)36-18(8,23-10(28)3-21-32)9-6-33-16(19)22-9/h3,6,13,32H,2,4-5H2,1H3,(H2,19,22)(H,20,27)(H,23,28)(H,30,31)/b21-3+/t13-,18?/m1/s1. The lowest BCUT2D eigenvalue weighted by molar-refractivity contribution is -0.146. The summed E-state index contributed by atoms with van der Waals surface area (Å²) in [6.45, 7) is 1.57. The highest BCUT2D eigenvalue weighted by atomic mass is 32.2. The fourth-order valence-electron chi connectivity index (χ4n) is 3.53. The van der Waals surface area contributed by atoms with Gasteiger partial charge in [-0.3, -0.25) is 19.3 Å². The summed E-state index contributed by atoms with van der Waals surface area (Å²) in [5, 5.41) is 37.0. The van der Waals surface area contributed by atoms with Crippen molar-refractivity contribution in [3.63, 3.8) is 0 Å². The fraction of sp³-hybridized carbons (Fsp3) is 0.333. The number of thioether (sulfide) groups is 2. The van der Waals surface area contributed by atoms with E-state index in [1.54, 1.807) is 5.38 Å². The van der Waals surface area contributed by atoms with Gasteiger partial charge >= 0.3 is 5.97 Å². The highest BCUT2D eigenvalue weighted by Gasteiger charge is 2.56. The predicted octanol–water partition coefficient (Wildman–Crippen LogP) is 0.378. The van der Waals surface area contributed by atoms with Gasteiger partial charge in [0.25, 0.3) is 5.91 Å². The third-order valence-corrected chi connectivity index (χ3v) is 9.32. The zero-order chi connectivity index (χ0) is 26.0. The Bertz CT molecular complexity index is 1290. The van der Waals surface area contributed by atoms with Crippen LogP contribution in [0.25, 0.3) is 0 Å². The predicted molar refractivity (Wildman–Crippen MR) is 132 cm³/mol. The number of nitrogens with zero attached hydrogens (tertiary/aromatic N) is 5. The van der Waals surface area contributed by atoms with Crippen molar-refractivity contribution < 1.29 is 29.5 Å². The molecule has 2 aromatic rings. The number of amides is 3. The Hall–Kier alpha value is -3.22. The number of β-lactam (4-membered cyclic amide) rings is 1. The molecule has 1 saturated heterocycles. The highest BCUT2D eigenvalue weighted by Crippen LogP contribution is 2.55. The molecular weight excluding hydrogens is 553 g/mol. The monoisotopic (exact) mass is 570 g/mol. The van der Waals surface area contributed by atoms with Gasteiger partial charge in [0, 0.05) is 23.6 Å². The van der Waals surface area contributed by atoms with Gasteiger partial charge in [0.1, 0.15) is 16.9 Å². The second-order valence-corrected chi connectivity index (χ2v) is 11.9. The SMILES string of the molecule is CC(=O)NCc1nnc(SCC2=C(C(=O)O)N3C(=O)C[C@H]3SC2(NC(=O)/C=N/O)c2csc(N)n2)s1. The molecule has 2 aromatic heterocycles. The molecule has 14 nitrogen and oxygen atoms in total. The lowest BCUT2D eigenvalue weighted by atomic mass is 9.98. The van der Waals surface area contributed by atoms with E-state index in [4.69, 9.17) is 10.9 Å². The average Bonchev–Trinajstić information content (AvgIpc) is 3.45. The molecule has 2 atom stereocenters. The van der Waals surface area contributed by atoms with Crippen LogP contribution in [0.5, 0.6) is 0 Å². The molecule has 190 valence electrons. The van der Waals surface area contributed by atoms with Gasteiger partial charge in [-0.2, -0.15) is 0 Å². The largest absolute Gasteiger partial charge is 0.477 e. The molecule has 4 rings (SSSR count). The summed E-state index contributed by atoms with van der Waals surface area (Å²) in [6.07, 6.45) is 0.705. The molecule has 2 aliphatic heterocycles. The molecule has 18 heteroatoms. The van der Waals surface area contributed by atoms with Crippen LogP contribution in [0.3, 0.4) is 0 Å². The number of hydrogen-bond donors (Lipinski definition) is 5. The molecule has 6 N–H and O–H groups in total. The van der Waals surface area contributed by atoms with Crippen LogP contribution < -0.4 is 16.4 Å². The summed E-state index contributed by atoms with van der Waals surface area (Å²) in [5.74, 6) is -2.77. The maximum absolute atomic E-state index is 12.6. The summed E-state index contributed by atoms with van der Waals surface area (Å²) in [4.78, 5) is 52.5. The molecule has 2 aliphatic rings. The number of nitrogens with two attached hydrogens (primary N) is 1. The first-order valence-electron chi connectivity index (χ1n) is 10.0. The molecule has 1 unspecified atom stereocenters. The van der Waals surface area contributed by atoms with E-state index in [-0.39, 0.29) is 52.6 Å². The van der Waals surface area contributed by atoms with Gasteiger partial charge in [-0.05, 0) is 0 Å². The van der Waals surface area contributed by atoms with Gasteiger partial charge in [-0.1, -0.05) is 40.0 Å². The Morgan fingerprint density at radius 2 is 2.19 bits per heavy atom. The topological polar surface area (TPSA) is 213 Å². The fourth-order valence-corrected chi connectivity index (χ4v) is 7.90. The maximum atomic E-state index is 12.6. The van der Waals surface area contributed by atoms with Crippen LogP contribution in [0.15, 0.2) is 26.1 Å². The summed E-state index contributed by atoms with van der Waals surface area (Å²) in [7, 11) is 0. The first-order chi connectivity index (χ1) is 17.1. The molecule has 0 saturated carbocycles. The zero-order valence-electron chi connectivity index (χ0n) is 18.3. The van der Waals surface area contributed by atoms with Crippen LogP contribution in [0.1, 0.15) is 24.0 Å². The van der Waals surface area contributed by atoms with Gasteiger partial charge < -0.3 is 26.7 Å². The van der Waals surface area contributed by atoms with E-state index < -0.39 is 22.1 Å².